The molecule has 0 aliphatic carbocycles. The lowest BCUT2D eigenvalue weighted by molar-refractivity contribution is -0.123. The van der Waals surface area contributed by atoms with Crippen LogP contribution in [0.15, 0.2) is 54.7 Å². The molecule has 0 aliphatic rings. The van der Waals surface area contributed by atoms with Crippen molar-refractivity contribution >= 4 is 16.8 Å². The number of carbonyl (C=O) groups excluding carboxylic acids is 1. The van der Waals surface area contributed by atoms with Crippen molar-refractivity contribution in [2.75, 3.05) is 20.3 Å². The molecule has 0 atom stereocenters. The van der Waals surface area contributed by atoms with Crippen LogP contribution >= 0.6 is 0 Å². The number of methoxy groups -OCH3 is 1. The molecule has 3 aromatic rings. The Morgan fingerprint density at radius 3 is 2.75 bits per heavy atom. The number of nitrogens with one attached hydrogen (secondary N) is 2. The molecular weight excluding hydrogens is 304 g/mol. The number of benzene rings is 2. The number of rotatable bonds is 7. The third-order valence-electron chi connectivity index (χ3n) is 3.80. The lowest BCUT2D eigenvalue weighted by Crippen LogP contribution is -2.30. The van der Waals surface area contributed by atoms with E-state index in [0.717, 1.165) is 28.6 Å². The Labute approximate surface area is 140 Å². The van der Waals surface area contributed by atoms with Crippen LogP contribution in [0, 0.1) is 0 Å². The largest absolute Gasteiger partial charge is 0.497 e. The van der Waals surface area contributed by atoms with Crippen molar-refractivity contribution in [2.45, 2.75) is 6.42 Å². The molecule has 0 fully saturated rings. The van der Waals surface area contributed by atoms with Crippen molar-refractivity contribution < 1.29 is 14.3 Å². The SMILES string of the molecule is COc1ccc2[nH]cc(CCNC(=O)COc3ccccc3)c2c1. The average molecular weight is 324 g/mol. The van der Waals surface area contributed by atoms with Crippen LogP contribution in [0.3, 0.4) is 0 Å². The molecule has 5 nitrogen and oxygen atoms in total. The minimum atomic E-state index is -0.128. The van der Waals surface area contributed by atoms with E-state index in [1.54, 1.807) is 7.11 Å². The molecule has 0 bridgehead atoms. The molecule has 1 aromatic heterocycles. The molecule has 1 heterocycles. The highest BCUT2D eigenvalue weighted by Gasteiger charge is 2.07. The van der Waals surface area contributed by atoms with Crippen LogP contribution in [-0.2, 0) is 11.2 Å². The maximum atomic E-state index is 11.8. The van der Waals surface area contributed by atoms with Crippen molar-refractivity contribution in [1.29, 1.82) is 0 Å². The minimum Gasteiger partial charge on any atom is -0.497 e. The zero-order chi connectivity index (χ0) is 16.8. The number of hydrogen-bond acceptors (Lipinski definition) is 3. The molecule has 124 valence electrons. The summed E-state index contributed by atoms with van der Waals surface area (Å²) in [5.41, 5.74) is 2.21. The van der Waals surface area contributed by atoms with E-state index in [2.05, 4.69) is 10.3 Å². The molecule has 2 aromatic carbocycles. The smallest absolute Gasteiger partial charge is 0.257 e. The second-order valence-electron chi connectivity index (χ2n) is 5.43. The van der Waals surface area contributed by atoms with Crippen molar-refractivity contribution in [1.82, 2.24) is 10.3 Å². The molecule has 3 rings (SSSR count). The number of aromatic amines is 1. The highest BCUT2D eigenvalue weighted by atomic mass is 16.5. The van der Waals surface area contributed by atoms with Crippen molar-refractivity contribution in [2.24, 2.45) is 0 Å². The summed E-state index contributed by atoms with van der Waals surface area (Å²) in [7, 11) is 1.65. The molecule has 0 spiro atoms. The second kappa shape index (κ2) is 7.55. The first-order valence-corrected chi connectivity index (χ1v) is 7.85. The van der Waals surface area contributed by atoms with Gasteiger partial charge in [0.15, 0.2) is 6.61 Å². The predicted octanol–water partition coefficient (Wildman–Crippen LogP) is 2.91. The van der Waals surface area contributed by atoms with E-state index in [1.807, 2.05) is 54.7 Å². The molecule has 0 radical (unpaired) electrons. The molecule has 0 saturated carbocycles. The summed E-state index contributed by atoms with van der Waals surface area (Å²) in [5.74, 6) is 1.39. The Morgan fingerprint density at radius 2 is 1.96 bits per heavy atom. The van der Waals surface area contributed by atoms with Crippen LogP contribution in [0.2, 0.25) is 0 Å². The van der Waals surface area contributed by atoms with Crippen LogP contribution in [0.5, 0.6) is 11.5 Å². The van der Waals surface area contributed by atoms with E-state index in [-0.39, 0.29) is 12.5 Å². The molecule has 0 saturated heterocycles. The lowest BCUT2D eigenvalue weighted by Gasteiger charge is -2.07. The van der Waals surface area contributed by atoms with E-state index in [9.17, 15) is 4.79 Å². The summed E-state index contributed by atoms with van der Waals surface area (Å²) in [6.07, 6.45) is 2.71. The van der Waals surface area contributed by atoms with Gasteiger partial charge in [-0.25, -0.2) is 0 Å². The summed E-state index contributed by atoms with van der Waals surface area (Å²) >= 11 is 0. The van der Waals surface area contributed by atoms with Gasteiger partial charge < -0.3 is 19.8 Å². The maximum Gasteiger partial charge on any atom is 0.257 e. The van der Waals surface area contributed by atoms with Gasteiger partial charge in [-0.15, -0.1) is 0 Å². The molecule has 5 heteroatoms. The van der Waals surface area contributed by atoms with Crippen molar-refractivity contribution in [3.63, 3.8) is 0 Å². The first-order chi connectivity index (χ1) is 11.8. The lowest BCUT2D eigenvalue weighted by atomic mass is 10.1. The van der Waals surface area contributed by atoms with Crippen LogP contribution in [0.4, 0.5) is 0 Å². The summed E-state index contributed by atoms with van der Waals surface area (Å²) < 4.78 is 10.7. The fourth-order valence-electron chi connectivity index (χ4n) is 2.54. The third-order valence-corrected chi connectivity index (χ3v) is 3.80. The first-order valence-electron chi connectivity index (χ1n) is 7.85. The summed E-state index contributed by atoms with van der Waals surface area (Å²) in [6, 6.07) is 15.2. The number of amides is 1. The highest BCUT2D eigenvalue weighted by molar-refractivity contribution is 5.84. The molecular formula is C19H20N2O3. The quantitative estimate of drug-likeness (QED) is 0.702. The van der Waals surface area contributed by atoms with Gasteiger partial charge >= 0.3 is 0 Å². The average Bonchev–Trinajstić information content (AvgIpc) is 3.03. The van der Waals surface area contributed by atoms with Crippen LogP contribution in [0.25, 0.3) is 10.9 Å². The molecule has 0 unspecified atom stereocenters. The summed E-state index contributed by atoms with van der Waals surface area (Å²) in [5, 5.41) is 3.99. The number of para-hydroxylation sites is 1. The zero-order valence-corrected chi connectivity index (χ0v) is 13.5. The number of aromatic nitrogens is 1. The highest BCUT2D eigenvalue weighted by Crippen LogP contribution is 2.23. The number of ether oxygens (including phenoxy) is 2. The van der Waals surface area contributed by atoms with E-state index < -0.39 is 0 Å². The van der Waals surface area contributed by atoms with E-state index in [4.69, 9.17) is 9.47 Å². The maximum absolute atomic E-state index is 11.8. The van der Waals surface area contributed by atoms with Gasteiger partial charge in [0.25, 0.3) is 5.91 Å². The monoisotopic (exact) mass is 324 g/mol. The van der Waals surface area contributed by atoms with Gasteiger partial charge in [0.1, 0.15) is 11.5 Å². The summed E-state index contributed by atoms with van der Waals surface area (Å²) in [4.78, 5) is 15.1. The minimum absolute atomic E-state index is 0.0196. The van der Waals surface area contributed by atoms with Gasteiger partial charge in [-0.2, -0.15) is 0 Å². The van der Waals surface area contributed by atoms with Crippen LogP contribution in [0.1, 0.15) is 5.56 Å². The fourth-order valence-corrected chi connectivity index (χ4v) is 2.54. The third kappa shape index (κ3) is 3.87. The Balaban J connectivity index is 1.50. The predicted molar refractivity (Wildman–Crippen MR) is 93.5 cm³/mol. The van der Waals surface area contributed by atoms with E-state index in [1.165, 1.54) is 0 Å². The number of fused-ring (bicyclic) bond motifs is 1. The second-order valence-corrected chi connectivity index (χ2v) is 5.43. The molecule has 2 N–H and O–H groups in total. The topological polar surface area (TPSA) is 63.3 Å². The van der Waals surface area contributed by atoms with Gasteiger partial charge in [-0.1, -0.05) is 18.2 Å². The van der Waals surface area contributed by atoms with Gasteiger partial charge in [0.2, 0.25) is 0 Å². The molecule has 1 amide bonds. The number of carbonyl (C=O) groups is 1. The number of hydrogen-bond donors (Lipinski definition) is 2. The zero-order valence-electron chi connectivity index (χ0n) is 13.5. The molecule has 24 heavy (non-hydrogen) atoms. The fraction of sp³-hybridized carbons (Fsp3) is 0.211. The first kappa shape index (κ1) is 15.9. The van der Waals surface area contributed by atoms with Gasteiger partial charge in [-0.3, -0.25) is 4.79 Å². The van der Waals surface area contributed by atoms with Gasteiger partial charge in [0, 0.05) is 23.6 Å². The van der Waals surface area contributed by atoms with Crippen molar-refractivity contribution in [3.8, 4) is 11.5 Å². The van der Waals surface area contributed by atoms with Gasteiger partial charge in [0.05, 0.1) is 7.11 Å². The Hall–Kier alpha value is -2.95. The van der Waals surface area contributed by atoms with Crippen molar-refractivity contribution in [3.05, 3.63) is 60.3 Å². The Bertz CT molecular complexity index is 812. The standard InChI is InChI=1S/C19H20N2O3/c1-23-16-7-8-18-17(11-16)14(12-21-18)9-10-20-19(22)13-24-15-5-3-2-4-6-15/h2-8,11-12,21H,9-10,13H2,1H3,(H,20,22). The Kier molecular flexibility index (Phi) is 5.01. The van der Waals surface area contributed by atoms with E-state index in [0.29, 0.717) is 12.3 Å². The van der Waals surface area contributed by atoms with Gasteiger partial charge in [-0.05, 0) is 42.3 Å². The number of H-pyrrole nitrogens is 1. The van der Waals surface area contributed by atoms with Crippen LogP contribution < -0.4 is 14.8 Å². The normalized spacial score (nSPS) is 10.5. The summed E-state index contributed by atoms with van der Waals surface area (Å²) in [6.45, 7) is 0.576. The van der Waals surface area contributed by atoms with Crippen LogP contribution in [-0.4, -0.2) is 31.2 Å². The Morgan fingerprint density at radius 1 is 1.12 bits per heavy atom. The molecule has 0 aliphatic heterocycles. The van der Waals surface area contributed by atoms with E-state index >= 15 is 0 Å².